The van der Waals surface area contributed by atoms with Crippen LogP contribution in [-0.2, 0) is 6.54 Å². The fourth-order valence-electron chi connectivity index (χ4n) is 1.75. The Bertz CT molecular complexity index is 823. The normalized spacial score (nSPS) is 10.4. The zero-order valence-corrected chi connectivity index (χ0v) is 12.1. The van der Waals surface area contributed by atoms with Crippen LogP contribution in [0.15, 0.2) is 46.8 Å². The van der Waals surface area contributed by atoms with Crippen molar-refractivity contribution in [2.24, 2.45) is 0 Å². The topological polar surface area (TPSA) is 101 Å². The molecule has 0 radical (unpaired) electrons. The molecule has 22 heavy (non-hydrogen) atoms. The summed E-state index contributed by atoms with van der Waals surface area (Å²) in [5.41, 5.74) is 1.55. The molecular weight excluding hydrogens is 302 g/mol. The molecule has 110 valence electrons. The van der Waals surface area contributed by atoms with E-state index < -0.39 is 0 Å². The largest absolute Gasteiger partial charge is 0.345 e. The molecule has 3 rings (SSSR count). The lowest BCUT2D eigenvalue weighted by atomic mass is 10.3. The van der Waals surface area contributed by atoms with Crippen LogP contribution in [0, 0.1) is 0 Å². The SMILES string of the molecule is O=C(NCc1csc(-c2ccncc2)n1)c1ccc(=O)[nH]n1. The van der Waals surface area contributed by atoms with E-state index in [1.807, 2.05) is 17.5 Å². The molecule has 1 amide bonds. The van der Waals surface area contributed by atoms with E-state index in [0.717, 1.165) is 16.3 Å². The molecule has 0 fully saturated rings. The highest BCUT2D eigenvalue weighted by Crippen LogP contribution is 2.22. The van der Waals surface area contributed by atoms with Gasteiger partial charge in [0.1, 0.15) is 10.7 Å². The molecule has 0 bridgehead atoms. The van der Waals surface area contributed by atoms with Crippen LogP contribution in [0.1, 0.15) is 16.2 Å². The Balaban J connectivity index is 1.65. The number of aromatic nitrogens is 4. The van der Waals surface area contributed by atoms with E-state index in [2.05, 4.69) is 25.5 Å². The first-order chi connectivity index (χ1) is 10.7. The first-order valence-corrected chi connectivity index (χ1v) is 7.29. The predicted molar refractivity (Wildman–Crippen MR) is 81.4 cm³/mol. The number of carbonyl (C=O) groups is 1. The Labute approximate surface area is 129 Å². The van der Waals surface area contributed by atoms with Gasteiger partial charge in [-0.25, -0.2) is 10.1 Å². The highest BCUT2D eigenvalue weighted by molar-refractivity contribution is 7.13. The molecule has 0 aliphatic heterocycles. The van der Waals surface area contributed by atoms with Gasteiger partial charge >= 0.3 is 0 Å². The van der Waals surface area contributed by atoms with Crippen molar-refractivity contribution in [1.82, 2.24) is 25.5 Å². The summed E-state index contributed by atoms with van der Waals surface area (Å²) in [5.74, 6) is -0.366. The van der Waals surface area contributed by atoms with Crippen LogP contribution in [0.5, 0.6) is 0 Å². The van der Waals surface area contributed by atoms with Crippen LogP contribution >= 0.6 is 11.3 Å². The number of pyridine rings is 1. The van der Waals surface area contributed by atoms with Crippen molar-refractivity contribution >= 4 is 17.2 Å². The van der Waals surface area contributed by atoms with Gasteiger partial charge in [-0.2, -0.15) is 5.10 Å². The van der Waals surface area contributed by atoms with E-state index in [0.29, 0.717) is 6.54 Å². The smallest absolute Gasteiger partial charge is 0.272 e. The van der Waals surface area contributed by atoms with Crippen LogP contribution in [0.2, 0.25) is 0 Å². The maximum atomic E-state index is 11.9. The number of carbonyl (C=O) groups excluding carboxylic acids is 1. The standard InChI is InChI=1S/C14H11N5O2S/c20-12-2-1-11(18-19-12)13(21)16-7-10-8-22-14(17-10)9-3-5-15-6-4-9/h1-6,8H,7H2,(H,16,21)(H,19,20). The monoisotopic (exact) mass is 313 g/mol. The number of hydrogen-bond acceptors (Lipinski definition) is 6. The van der Waals surface area contributed by atoms with Gasteiger partial charge in [0.15, 0.2) is 0 Å². The molecular formula is C14H11N5O2S. The van der Waals surface area contributed by atoms with Gasteiger partial charge in [0.2, 0.25) is 0 Å². The van der Waals surface area contributed by atoms with Gasteiger partial charge in [-0.3, -0.25) is 14.6 Å². The Morgan fingerprint density at radius 2 is 2.05 bits per heavy atom. The van der Waals surface area contributed by atoms with Gasteiger partial charge < -0.3 is 5.32 Å². The number of thiazole rings is 1. The Morgan fingerprint density at radius 1 is 1.23 bits per heavy atom. The third-order valence-corrected chi connectivity index (χ3v) is 3.76. The van der Waals surface area contributed by atoms with Crippen molar-refractivity contribution in [2.75, 3.05) is 0 Å². The van der Waals surface area contributed by atoms with Gasteiger partial charge in [0.05, 0.1) is 12.2 Å². The van der Waals surface area contributed by atoms with Crippen molar-refractivity contribution in [3.05, 3.63) is 63.8 Å². The molecule has 7 nitrogen and oxygen atoms in total. The Morgan fingerprint density at radius 3 is 2.77 bits per heavy atom. The molecule has 8 heteroatoms. The van der Waals surface area contributed by atoms with Gasteiger partial charge in [-0.1, -0.05) is 0 Å². The average molecular weight is 313 g/mol. The molecule has 0 aromatic carbocycles. The van der Waals surface area contributed by atoms with E-state index >= 15 is 0 Å². The molecule has 0 saturated carbocycles. The summed E-state index contributed by atoms with van der Waals surface area (Å²) in [6.45, 7) is 0.293. The fraction of sp³-hybridized carbons (Fsp3) is 0.0714. The number of amides is 1. The summed E-state index contributed by atoms with van der Waals surface area (Å²) in [5, 5.41) is 11.4. The lowest BCUT2D eigenvalue weighted by Gasteiger charge is -2.01. The molecule has 3 heterocycles. The van der Waals surface area contributed by atoms with E-state index in [1.54, 1.807) is 12.4 Å². The number of nitrogens with zero attached hydrogens (tertiary/aromatic N) is 3. The van der Waals surface area contributed by atoms with Crippen molar-refractivity contribution in [1.29, 1.82) is 0 Å². The molecule has 3 aromatic heterocycles. The maximum absolute atomic E-state index is 11.9. The Hall–Kier alpha value is -2.87. The number of rotatable bonds is 4. The molecule has 3 aromatic rings. The van der Waals surface area contributed by atoms with E-state index in [4.69, 9.17) is 0 Å². The summed E-state index contributed by atoms with van der Waals surface area (Å²) in [6.07, 6.45) is 3.42. The molecule has 0 atom stereocenters. The number of H-pyrrole nitrogens is 1. The summed E-state index contributed by atoms with van der Waals surface area (Å²) in [4.78, 5) is 31.2. The second-order valence-corrected chi connectivity index (χ2v) is 5.23. The van der Waals surface area contributed by atoms with E-state index in [-0.39, 0.29) is 17.2 Å². The molecule has 0 saturated heterocycles. The second-order valence-electron chi connectivity index (χ2n) is 4.37. The molecule has 0 aliphatic rings. The zero-order chi connectivity index (χ0) is 15.4. The van der Waals surface area contributed by atoms with Crippen molar-refractivity contribution < 1.29 is 4.79 Å². The maximum Gasteiger partial charge on any atom is 0.272 e. The van der Waals surface area contributed by atoms with Gasteiger partial charge in [-0.15, -0.1) is 11.3 Å². The summed E-state index contributed by atoms with van der Waals surface area (Å²) >= 11 is 1.50. The zero-order valence-electron chi connectivity index (χ0n) is 11.3. The van der Waals surface area contributed by atoms with Crippen molar-refractivity contribution in [3.8, 4) is 10.6 Å². The summed E-state index contributed by atoms with van der Waals surface area (Å²) in [6, 6.07) is 6.39. The first-order valence-electron chi connectivity index (χ1n) is 6.41. The molecule has 0 aliphatic carbocycles. The number of nitrogens with one attached hydrogen (secondary N) is 2. The minimum Gasteiger partial charge on any atom is -0.345 e. The highest BCUT2D eigenvalue weighted by atomic mass is 32.1. The quantitative estimate of drug-likeness (QED) is 0.754. The van der Waals surface area contributed by atoms with E-state index in [1.165, 1.54) is 23.5 Å². The third kappa shape index (κ3) is 3.23. The highest BCUT2D eigenvalue weighted by Gasteiger charge is 2.09. The third-order valence-electron chi connectivity index (χ3n) is 2.82. The van der Waals surface area contributed by atoms with Crippen LogP contribution in [0.4, 0.5) is 0 Å². The lowest BCUT2D eigenvalue weighted by molar-refractivity contribution is 0.0944. The van der Waals surface area contributed by atoms with Crippen LogP contribution in [0.25, 0.3) is 10.6 Å². The molecule has 2 N–H and O–H groups in total. The second kappa shape index (κ2) is 6.27. The van der Waals surface area contributed by atoms with Crippen LogP contribution in [-0.4, -0.2) is 26.1 Å². The summed E-state index contributed by atoms with van der Waals surface area (Å²) < 4.78 is 0. The molecule has 0 unspecified atom stereocenters. The Kier molecular flexibility index (Phi) is 4.01. The predicted octanol–water partition coefficient (Wildman–Crippen LogP) is 1.22. The first kappa shape index (κ1) is 14.1. The van der Waals surface area contributed by atoms with E-state index in [9.17, 15) is 9.59 Å². The lowest BCUT2D eigenvalue weighted by Crippen LogP contribution is -2.25. The minimum absolute atomic E-state index is 0.157. The van der Waals surface area contributed by atoms with Crippen molar-refractivity contribution in [2.45, 2.75) is 6.54 Å². The van der Waals surface area contributed by atoms with Gasteiger partial charge in [0.25, 0.3) is 11.5 Å². The summed E-state index contributed by atoms with van der Waals surface area (Å²) in [7, 11) is 0. The van der Waals surface area contributed by atoms with Crippen molar-refractivity contribution in [3.63, 3.8) is 0 Å². The number of hydrogen-bond donors (Lipinski definition) is 2. The van der Waals surface area contributed by atoms with Crippen LogP contribution < -0.4 is 10.9 Å². The minimum atomic E-state index is -0.366. The van der Waals surface area contributed by atoms with Gasteiger partial charge in [0, 0.05) is 29.4 Å². The molecule has 0 spiro atoms. The van der Waals surface area contributed by atoms with Crippen LogP contribution in [0.3, 0.4) is 0 Å². The fourth-order valence-corrected chi connectivity index (χ4v) is 2.57. The van der Waals surface area contributed by atoms with Gasteiger partial charge in [-0.05, 0) is 18.2 Å². The number of aromatic amines is 1. The average Bonchev–Trinajstić information content (AvgIpc) is 3.03.